The van der Waals surface area contributed by atoms with E-state index in [0.717, 1.165) is 35.6 Å². The quantitative estimate of drug-likeness (QED) is 0.379. The van der Waals surface area contributed by atoms with Gasteiger partial charge in [-0.3, -0.25) is 4.79 Å². The van der Waals surface area contributed by atoms with Crippen molar-refractivity contribution >= 4 is 33.4 Å². The molecule has 1 aromatic heterocycles. The Kier molecular flexibility index (Phi) is 10.2. The van der Waals surface area contributed by atoms with Crippen LogP contribution in [-0.4, -0.2) is 49.1 Å². The van der Waals surface area contributed by atoms with E-state index in [4.69, 9.17) is 4.74 Å². The van der Waals surface area contributed by atoms with Crippen molar-refractivity contribution in [1.82, 2.24) is 20.3 Å². The highest BCUT2D eigenvalue weighted by Crippen LogP contribution is 2.39. The molecule has 1 aliphatic rings. The summed E-state index contributed by atoms with van der Waals surface area (Å²) in [6.45, 7) is 12.8. The molecule has 3 N–H and O–H groups in total. The van der Waals surface area contributed by atoms with E-state index in [9.17, 15) is 18.0 Å². The normalized spacial score (nSPS) is 18.3. The lowest BCUT2D eigenvalue weighted by molar-refractivity contribution is -0.120. The smallest absolute Gasteiger partial charge is 0.407 e. The number of thiazole rings is 1. The number of benzene rings is 1. The molecular formula is C28H42N4O5S2. The molecule has 2 amide bonds. The average molecular weight is 579 g/mol. The maximum absolute atomic E-state index is 13.5. The number of alkyl carbamates (subject to hydrolysis) is 1. The fourth-order valence-electron chi connectivity index (χ4n) is 4.62. The number of aromatic nitrogens is 1. The first-order valence-electron chi connectivity index (χ1n) is 13.5. The van der Waals surface area contributed by atoms with Crippen LogP contribution in [0.5, 0.6) is 0 Å². The SMILES string of the molecule is CC(C)NC(=O)Cc1ccc(-c2cnc(C3CCC(NC(=O)OC(C)C)CC3)s2)c(S(=O)(=O)NC(C)(C)C)c1. The van der Waals surface area contributed by atoms with Crippen LogP contribution in [0, 0.1) is 0 Å². The van der Waals surface area contributed by atoms with Crippen molar-refractivity contribution in [3.8, 4) is 10.4 Å². The van der Waals surface area contributed by atoms with Gasteiger partial charge in [0.1, 0.15) is 0 Å². The van der Waals surface area contributed by atoms with Gasteiger partial charge in [0, 0.05) is 35.3 Å². The molecule has 0 unspecified atom stereocenters. The van der Waals surface area contributed by atoms with Gasteiger partial charge in [-0.25, -0.2) is 22.9 Å². The molecule has 0 saturated heterocycles. The van der Waals surface area contributed by atoms with E-state index >= 15 is 0 Å². The fourth-order valence-corrected chi connectivity index (χ4v) is 7.50. The lowest BCUT2D eigenvalue weighted by Crippen LogP contribution is -2.40. The summed E-state index contributed by atoms with van der Waals surface area (Å²) < 4.78 is 34.9. The molecule has 1 saturated carbocycles. The molecule has 39 heavy (non-hydrogen) atoms. The van der Waals surface area contributed by atoms with E-state index in [1.165, 1.54) is 11.3 Å². The van der Waals surface area contributed by atoms with Gasteiger partial charge in [-0.15, -0.1) is 11.3 Å². The van der Waals surface area contributed by atoms with Gasteiger partial charge in [0.05, 0.1) is 27.3 Å². The lowest BCUT2D eigenvalue weighted by atomic mass is 9.86. The summed E-state index contributed by atoms with van der Waals surface area (Å²) in [7, 11) is -3.88. The maximum Gasteiger partial charge on any atom is 0.407 e. The minimum atomic E-state index is -3.88. The molecule has 0 radical (unpaired) electrons. The van der Waals surface area contributed by atoms with Crippen LogP contribution in [0.2, 0.25) is 0 Å². The number of carbonyl (C=O) groups is 2. The Bertz CT molecular complexity index is 1260. The van der Waals surface area contributed by atoms with E-state index in [0.29, 0.717) is 11.1 Å². The number of carbonyl (C=O) groups excluding carboxylic acids is 2. The summed E-state index contributed by atoms with van der Waals surface area (Å²) in [6, 6.07) is 5.24. The standard InChI is InChI=1S/C28H42N4O5S2/c1-17(2)30-25(33)15-19-8-13-22(24(14-19)39(35,36)32-28(5,6)7)23-16-29-26(38-23)20-9-11-21(12-10-20)31-27(34)37-18(3)4/h8,13-14,16-18,20-21,32H,9-12,15H2,1-7H3,(H,30,33)(H,31,34). The molecule has 0 spiro atoms. The van der Waals surface area contributed by atoms with Gasteiger partial charge in [-0.05, 0) is 85.8 Å². The van der Waals surface area contributed by atoms with Crippen molar-refractivity contribution in [2.45, 2.75) is 115 Å². The average Bonchev–Trinajstić information content (AvgIpc) is 3.27. The van der Waals surface area contributed by atoms with E-state index in [1.54, 1.807) is 45.2 Å². The molecule has 1 fully saturated rings. The Balaban J connectivity index is 1.82. The first-order valence-corrected chi connectivity index (χ1v) is 15.8. The third kappa shape index (κ3) is 9.29. The zero-order valence-electron chi connectivity index (χ0n) is 24.0. The van der Waals surface area contributed by atoms with Crippen molar-refractivity contribution in [3.05, 3.63) is 35.0 Å². The largest absolute Gasteiger partial charge is 0.447 e. The predicted molar refractivity (Wildman–Crippen MR) is 154 cm³/mol. The molecule has 2 aromatic rings. The minimum absolute atomic E-state index is 0.00198. The lowest BCUT2D eigenvalue weighted by Gasteiger charge is -2.28. The molecule has 9 nitrogen and oxygen atoms in total. The van der Waals surface area contributed by atoms with Gasteiger partial charge in [0.25, 0.3) is 0 Å². The van der Waals surface area contributed by atoms with Gasteiger partial charge in [-0.1, -0.05) is 12.1 Å². The third-order valence-electron chi connectivity index (χ3n) is 6.12. The number of hydrogen-bond donors (Lipinski definition) is 3. The van der Waals surface area contributed by atoms with Gasteiger partial charge >= 0.3 is 6.09 Å². The number of amides is 2. The van der Waals surface area contributed by atoms with Crippen LogP contribution in [0.4, 0.5) is 4.79 Å². The van der Waals surface area contributed by atoms with Crippen LogP contribution in [-0.2, 0) is 26.0 Å². The third-order valence-corrected chi connectivity index (χ3v) is 9.11. The Morgan fingerprint density at radius 1 is 1.10 bits per heavy atom. The highest BCUT2D eigenvalue weighted by Gasteiger charge is 2.29. The zero-order valence-corrected chi connectivity index (χ0v) is 25.6. The second-order valence-corrected chi connectivity index (χ2v) is 14.5. The maximum atomic E-state index is 13.5. The van der Waals surface area contributed by atoms with Crippen LogP contribution in [0.1, 0.15) is 90.6 Å². The molecular weight excluding hydrogens is 536 g/mol. The summed E-state index contributed by atoms with van der Waals surface area (Å²) in [5.74, 6) is 0.0854. The number of ether oxygens (including phenoxy) is 1. The van der Waals surface area contributed by atoms with E-state index in [2.05, 4.69) is 20.3 Å². The minimum Gasteiger partial charge on any atom is -0.447 e. The summed E-state index contributed by atoms with van der Waals surface area (Å²) in [6.07, 6.45) is 4.69. The van der Waals surface area contributed by atoms with Crippen molar-refractivity contribution < 1.29 is 22.7 Å². The first kappa shape index (κ1) is 31.0. The number of sulfonamides is 1. The monoisotopic (exact) mass is 578 g/mol. The number of nitrogens with one attached hydrogen (secondary N) is 3. The predicted octanol–water partition coefficient (Wildman–Crippen LogP) is 5.11. The second kappa shape index (κ2) is 12.8. The van der Waals surface area contributed by atoms with Crippen molar-refractivity contribution in [1.29, 1.82) is 0 Å². The zero-order chi connectivity index (χ0) is 29.0. The van der Waals surface area contributed by atoms with Crippen LogP contribution < -0.4 is 15.4 Å². The van der Waals surface area contributed by atoms with Crippen LogP contribution >= 0.6 is 11.3 Å². The number of hydrogen-bond acceptors (Lipinski definition) is 7. The van der Waals surface area contributed by atoms with Crippen LogP contribution in [0.3, 0.4) is 0 Å². The van der Waals surface area contributed by atoms with Crippen molar-refractivity contribution in [2.75, 3.05) is 0 Å². The molecule has 0 atom stereocenters. The molecule has 3 rings (SSSR count). The molecule has 1 heterocycles. The van der Waals surface area contributed by atoms with Crippen molar-refractivity contribution in [2.24, 2.45) is 0 Å². The Morgan fingerprint density at radius 2 is 1.77 bits per heavy atom. The van der Waals surface area contributed by atoms with Gasteiger partial charge < -0.3 is 15.4 Å². The van der Waals surface area contributed by atoms with Gasteiger partial charge in [-0.2, -0.15) is 0 Å². The van der Waals surface area contributed by atoms with E-state index in [-0.39, 0.29) is 47.4 Å². The van der Waals surface area contributed by atoms with Crippen molar-refractivity contribution in [3.63, 3.8) is 0 Å². The highest BCUT2D eigenvalue weighted by atomic mass is 32.2. The summed E-state index contributed by atoms with van der Waals surface area (Å²) in [4.78, 5) is 29.9. The Hall–Kier alpha value is -2.50. The Labute approximate surface area is 236 Å². The number of rotatable bonds is 9. The fraction of sp³-hybridized carbons (Fsp3) is 0.607. The van der Waals surface area contributed by atoms with E-state index < -0.39 is 15.6 Å². The molecule has 216 valence electrons. The molecule has 0 aliphatic heterocycles. The van der Waals surface area contributed by atoms with Gasteiger partial charge in [0.2, 0.25) is 15.9 Å². The topological polar surface area (TPSA) is 126 Å². The highest BCUT2D eigenvalue weighted by molar-refractivity contribution is 7.89. The summed E-state index contributed by atoms with van der Waals surface area (Å²) >= 11 is 1.50. The van der Waals surface area contributed by atoms with Gasteiger partial charge in [0.15, 0.2) is 0 Å². The molecule has 0 bridgehead atoms. The second-order valence-electron chi connectivity index (χ2n) is 11.8. The van der Waals surface area contributed by atoms with Crippen LogP contribution in [0.15, 0.2) is 29.3 Å². The molecule has 1 aromatic carbocycles. The molecule has 1 aliphatic carbocycles. The molecule has 11 heteroatoms. The van der Waals surface area contributed by atoms with Crippen LogP contribution in [0.25, 0.3) is 10.4 Å². The van der Waals surface area contributed by atoms with E-state index in [1.807, 2.05) is 27.7 Å². The number of nitrogens with zero attached hydrogens (tertiary/aromatic N) is 1. The summed E-state index contributed by atoms with van der Waals surface area (Å²) in [5.41, 5.74) is 0.516. The Morgan fingerprint density at radius 3 is 2.36 bits per heavy atom. The first-order chi connectivity index (χ1) is 18.1. The summed E-state index contributed by atoms with van der Waals surface area (Å²) in [5, 5.41) is 6.76.